The summed E-state index contributed by atoms with van der Waals surface area (Å²) in [5.41, 5.74) is 1.81. The monoisotopic (exact) mass is 387 g/mol. The SMILES string of the molecule is CCC(Oc1ccc(Cl)cc1)C(=O)NC1CC(C)(C)Oc2ccc(C)cc21. The Hall–Kier alpha value is -2.20. The third-order valence-corrected chi connectivity index (χ3v) is 4.95. The topological polar surface area (TPSA) is 47.6 Å². The molecule has 0 aliphatic carbocycles. The predicted molar refractivity (Wildman–Crippen MR) is 108 cm³/mol. The van der Waals surface area contributed by atoms with Gasteiger partial charge in [-0.2, -0.15) is 0 Å². The van der Waals surface area contributed by atoms with Crippen molar-refractivity contribution >= 4 is 17.5 Å². The Morgan fingerprint density at radius 1 is 1.30 bits per heavy atom. The molecule has 2 atom stereocenters. The summed E-state index contributed by atoms with van der Waals surface area (Å²) < 4.78 is 12.0. The number of amides is 1. The first-order valence-electron chi connectivity index (χ1n) is 9.29. The molecule has 0 radical (unpaired) electrons. The Kier molecular flexibility index (Phi) is 5.66. The molecule has 1 aliphatic rings. The number of rotatable bonds is 5. The average molecular weight is 388 g/mol. The molecule has 1 heterocycles. The summed E-state index contributed by atoms with van der Waals surface area (Å²) in [6.45, 7) is 8.05. The molecule has 144 valence electrons. The number of halogens is 1. The van der Waals surface area contributed by atoms with Crippen LogP contribution in [0.1, 0.15) is 50.8 Å². The molecule has 0 saturated heterocycles. The quantitative estimate of drug-likeness (QED) is 0.764. The van der Waals surface area contributed by atoms with E-state index in [0.717, 1.165) is 16.9 Å². The number of hydrogen-bond acceptors (Lipinski definition) is 3. The van der Waals surface area contributed by atoms with Gasteiger partial charge in [-0.15, -0.1) is 0 Å². The maximum Gasteiger partial charge on any atom is 0.261 e. The van der Waals surface area contributed by atoms with Crippen molar-refractivity contribution in [2.24, 2.45) is 0 Å². The van der Waals surface area contributed by atoms with E-state index in [1.165, 1.54) is 0 Å². The molecular formula is C22H26ClNO3. The number of nitrogens with one attached hydrogen (secondary N) is 1. The first kappa shape index (κ1) is 19.6. The summed E-state index contributed by atoms with van der Waals surface area (Å²) in [5, 5.41) is 3.81. The first-order valence-corrected chi connectivity index (χ1v) is 9.67. The molecule has 5 heteroatoms. The smallest absolute Gasteiger partial charge is 0.261 e. The number of fused-ring (bicyclic) bond motifs is 1. The van der Waals surface area contributed by atoms with Gasteiger partial charge in [-0.1, -0.05) is 36.2 Å². The van der Waals surface area contributed by atoms with Crippen LogP contribution in [0.4, 0.5) is 0 Å². The molecule has 0 spiro atoms. The van der Waals surface area contributed by atoms with Crippen LogP contribution in [0.15, 0.2) is 42.5 Å². The number of carbonyl (C=O) groups is 1. The van der Waals surface area contributed by atoms with Crippen molar-refractivity contribution in [1.29, 1.82) is 0 Å². The van der Waals surface area contributed by atoms with Crippen molar-refractivity contribution in [1.82, 2.24) is 5.32 Å². The fourth-order valence-corrected chi connectivity index (χ4v) is 3.49. The van der Waals surface area contributed by atoms with Gasteiger partial charge >= 0.3 is 0 Å². The fourth-order valence-electron chi connectivity index (χ4n) is 3.37. The molecule has 3 rings (SSSR count). The number of aryl methyl sites for hydroxylation is 1. The number of hydrogen-bond donors (Lipinski definition) is 1. The van der Waals surface area contributed by atoms with E-state index in [4.69, 9.17) is 21.1 Å². The highest BCUT2D eigenvalue weighted by Gasteiger charge is 2.35. The summed E-state index contributed by atoms with van der Waals surface area (Å²) in [4.78, 5) is 12.9. The Balaban J connectivity index is 1.77. The van der Waals surface area contributed by atoms with Gasteiger partial charge < -0.3 is 14.8 Å². The second kappa shape index (κ2) is 7.81. The minimum atomic E-state index is -0.564. The lowest BCUT2D eigenvalue weighted by Gasteiger charge is -2.38. The van der Waals surface area contributed by atoms with Crippen LogP contribution < -0.4 is 14.8 Å². The van der Waals surface area contributed by atoms with Crippen LogP contribution in [0.3, 0.4) is 0 Å². The van der Waals surface area contributed by atoms with Crippen molar-refractivity contribution in [3.05, 3.63) is 58.6 Å². The van der Waals surface area contributed by atoms with Crippen LogP contribution in [0.2, 0.25) is 5.02 Å². The van der Waals surface area contributed by atoms with Crippen LogP contribution >= 0.6 is 11.6 Å². The third kappa shape index (κ3) is 4.75. The fraction of sp³-hybridized carbons (Fsp3) is 0.409. The average Bonchev–Trinajstić information content (AvgIpc) is 2.61. The Bertz CT molecular complexity index is 817. The number of carbonyl (C=O) groups excluding carboxylic acids is 1. The van der Waals surface area contributed by atoms with Gasteiger partial charge in [0.1, 0.15) is 17.1 Å². The predicted octanol–water partition coefficient (Wildman–Crippen LogP) is 5.22. The summed E-state index contributed by atoms with van der Waals surface area (Å²) >= 11 is 5.91. The van der Waals surface area contributed by atoms with E-state index in [9.17, 15) is 4.79 Å². The molecule has 1 aliphatic heterocycles. The van der Waals surface area contributed by atoms with E-state index in [-0.39, 0.29) is 17.6 Å². The molecule has 2 aromatic rings. The highest BCUT2D eigenvalue weighted by molar-refractivity contribution is 6.30. The largest absolute Gasteiger partial charge is 0.487 e. The molecule has 0 saturated carbocycles. The Morgan fingerprint density at radius 2 is 2.00 bits per heavy atom. The molecule has 4 nitrogen and oxygen atoms in total. The number of benzene rings is 2. The van der Waals surface area contributed by atoms with Crippen LogP contribution in [0, 0.1) is 6.92 Å². The van der Waals surface area contributed by atoms with Crippen molar-refractivity contribution in [3.63, 3.8) is 0 Å². The Morgan fingerprint density at radius 3 is 2.67 bits per heavy atom. The van der Waals surface area contributed by atoms with Crippen LogP contribution in [0.5, 0.6) is 11.5 Å². The summed E-state index contributed by atoms with van der Waals surface area (Å²) in [6, 6.07) is 13.0. The van der Waals surface area contributed by atoms with E-state index in [0.29, 0.717) is 23.6 Å². The zero-order valence-corrected chi connectivity index (χ0v) is 17.0. The van der Waals surface area contributed by atoms with Crippen molar-refractivity contribution in [3.8, 4) is 11.5 Å². The van der Waals surface area contributed by atoms with Gasteiger partial charge in [-0.05, 0) is 57.5 Å². The molecular weight excluding hydrogens is 362 g/mol. The second-order valence-corrected chi connectivity index (χ2v) is 8.07. The minimum Gasteiger partial charge on any atom is -0.487 e. The van der Waals surface area contributed by atoms with Crippen LogP contribution in [-0.2, 0) is 4.79 Å². The van der Waals surface area contributed by atoms with Gasteiger partial charge in [0.05, 0.1) is 6.04 Å². The van der Waals surface area contributed by atoms with Crippen LogP contribution in [0.25, 0.3) is 0 Å². The second-order valence-electron chi connectivity index (χ2n) is 7.64. The summed E-state index contributed by atoms with van der Waals surface area (Å²) in [7, 11) is 0. The van der Waals surface area contributed by atoms with Gasteiger partial charge in [0, 0.05) is 17.0 Å². The van der Waals surface area contributed by atoms with Gasteiger partial charge in [-0.3, -0.25) is 4.79 Å². The highest BCUT2D eigenvalue weighted by atomic mass is 35.5. The van der Waals surface area contributed by atoms with Crippen molar-refractivity contribution < 1.29 is 14.3 Å². The summed E-state index contributed by atoms with van der Waals surface area (Å²) in [5.74, 6) is 1.33. The van der Waals surface area contributed by atoms with E-state index in [1.54, 1.807) is 24.3 Å². The molecule has 2 unspecified atom stereocenters. The van der Waals surface area contributed by atoms with Crippen molar-refractivity contribution in [2.45, 2.75) is 58.3 Å². The minimum absolute atomic E-state index is 0.112. The molecule has 1 amide bonds. The van der Waals surface area contributed by atoms with E-state index in [1.807, 2.05) is 39.8 Å². The van der Waals surface area contributed by atoms with Gasteiger partial charge in [-0.25, -0.2) is 0 Å². The van der Waals surface area contributed by atoms with Crippen LogP contribution in [-0.4, -0.2) is 17.6 Å². The zero-order chi connectivity index (χ0) is 19.6. The maximum atomic E-state index is 12.9. The summed E-state index contributed by atoms with van der Waals surface area (Å²) in [6.07, 6.45) is 0.708. The maximum absolute atomic E-state index is 12.9. The van der Waals surface area contributed by atoms with E-state index in [2.05, 4.69) is 11.4 Å². The molecule has 0 aromatic heterocycles. The lowest BCUT2D eigenvalue weighted by atomic mass is 9.88. The first-order chi connectivity index (χ1) is 12.8. The molecule has 2 aromatic carbocycles. The molecule has 1 N–H and O–H groups in total. The third-order valence-electron chi connectivity index (χ3n) is 4.69. The van der Waals surface area contributed by atoms with E-state index < -0.39 is 6.10 Å². The van der Waals surface area contributed by atoms with Crippen molar-refractivity contribution in [2.75, 3.05) is 0 Å². The van der Waals surface area contributed by atoms with Gasteiger partial charge in [0.25, 0.3) is 5.91 Å². The normalized spacial score (nSPS) is 18.8. The van der Waals surface area contributed by atoms with E-state index >= 15 is 0 Å². The Labute approximate surface area is 165 Å². The molecule has 27 heavy (non-hydrogen) atoms. The standard InChI is InChI=1S/C22H26ClNO3/c1-5-19(26-16-9-7-15(23)8-10-16)21(25)24-18-13-22(3,4)27-20-11-6-14(2)12-17(18)20/h6-12,18-19H,5,13H2,1-4H3,(H,24,25). The molecule has 0 bridgehead atoms. The van der Waals surface area contributed by atoms with Gasteiger partial charge in [0.2, 0.25) is 0 Å². The molecule has 0 fully saturated rings. The lowest BCUT2D eigenvalue weighted by molar-refractivity contribution is -0.129. The lowest BCUT2D eigenvalue weighted by Crippen LogP contribution is -2.45. The van der Waals surface area contributed by atoms with Gasteiger partial charge in [0.15, 0.2) is 6.10 Å². The number of ether oxygens (including phenoxy) is 2. The highest BCUT2D eigenvalue weighted by Crippen LogP contribution is 2.40. The zero-order valence-electron chi connectivity index (χ0n) is 16.2.